The predicted molar refractivity (Wildman–Crippen MR) is 226 cm³/mol. The van der Waals surface area contributed by atoms with Gasteiger partial charge in [-0.3, -0.25) is 18.6 Å². The summed E-state index contributed by atoms with van der Waals surface area (Å²) in [7, 11) is -4.61. The Bertz CT molecular complexity index is 1060. The molecular formula is C44H80NO9P. The Hall–Kier alpha value is -2.07. The molecule has 55 heavy (non-hydrogen) atoms. The number of rotatable bonds is 41. The number of allylic oxidation sites excluding steroid dienone is 8. The minimum atomic E-state index is -4.61. The summed E-state index contributed by atoms with van der Waals surface area (Å²) in [5, 5.41) is 8.88. The van der Waals surface area contributed by atoms with Crippen LogP contribution in [0.3, 0.4) is 0 Å². The first-order chi connectivity index (χ1) is 26.7. The van der Waals surface area contributed by atoms with Crippen molar-refractivity contribution in [3.05, 3.63) is 48.6 Å². The Kier molecular flexibility index (Phi) is 38.6. The van der Waals surface area contributed by atoms with Crippen molar-refractivity contribution < 1.29 is 42.7 Å². The Balaban J connectivity index is 4.08. The maximum absolute atomic E-state index is 12.5. The van der Waals surface area contributed by atoms with Gasteiger partial charge in [0, 0.05) is 13.0 Å². The molecule has 0 rings (SSSR count). The molecule has 3 unspecified atom stereocenters. The van der Waals surface area contributed by atoms with Crippen molar-refractivity contribution in [3.63, 3.8) is 0 Å². The van der Waals surface area contributed by atoms with Gasteiger partial charge in [0.15, 0.2) is 0 Å². The third kappa shape index (κ3) is 39.9. The summed E-state index contributed by atoms with van der Waals surface area (Å²) in [5.41, 5.74) is 5.34. The van der Waals surface area contributed by atoms with E-state index >= 15 is 0 Å². The number of hydrogen-bond acceptors (Lipinski definition) is 8. The quantitative estimate of drug-likeness (QED) is 0.0236. The predicted octanol–water partition coefficient (Wildman–Crippen LogP) is 11.9. The molecule has 0 heterocycles. The fourth-order valence-electron chi connectivity index (χ4n) is 5.77. The van der Waals surface area contributed by atoms with Crippen LogP contribution in [0.5, 0.6) is 0 Å². The van der Waals surface area contributed by atoms with Gasteiger partial charge in [-0.15, -0.1) is 0 Å². The summed E-state index contributed by atoms with van der Waals surface area (Å²) in [4.78, 5) is 33.4. The van der Waals surface area contributed by atoms with Gasteiger partial charge in [-0.2, -0.15) is 0 Å². The molecule has 0 aliphatic rings. The van der Waals surface area contributed by atoms with Crippen molar-refractivity contribution >= 4 is 19.8 Å². The van der Waals surface area contributed by atoms with E-state index in [9.17, 15) is 19.0 Å². The lowest BCUT2D eigenvalue weighted by atomic mass is 10.1. The van der Waals surface area contributed by atoms with Gasteiger partial charge in [-0.25, -0.2) is 4.57 Å². The molecule has 320 valence electrons. The van der Waals surface area contributed by atoms with E-state index in [1.54, 1.807) is 0 Å². The van der Waals surface area contributed by atoms with Gasteiger partial charge >= 0.3 is 19.8 Å². The van der Waals surface area contributed by atoms with Crippen LogP contribution in [0.15, 0.2) is 48.6 Å². The van der Waals surface area contributed by atoms with Crippen molar-refractivity contribution in [2.45, 2.75) is 193 Å². The lowest BCUT2D eigenvalue weighted by Gasteiger charge is -2.20. The standard InChI is InChI=1S/C44H80NO9P/c1-3-5-7-9-11-13-14-15-16-17-18-19-20-21-22-23-24-25-26-27-29-31-33-35-37-51-38-41(39-52-55(49,50)53-40-42(45)44(47)48)54-43(46)36-34-32-30-28-12-10-8-6-4-2/h5,7,11,13,15-16,18-19,41-42H,3-4,6,8-10,12,14,17,20-40,45H2,1-2H3,(H,47,48)(H,49,50)/b7-5-,13-11-,16-15-,19-18-. The molecule has 0 aliphatic heterocycles. The first kappa shape index (κ1) is 52.9. The number of carboxylic acid groups (broad SMARTS) is 1. The highest BCUT2D eigenvalue weighted by molar-refractivity contribution is 7.47. The van der Waals surface area contributed by atoms with Crippen LogP contribution in [0.4, 0.5) is 0 Å². The summed E-state index contributed by atoms with van der Waals surface area (Å²) in [6.07, 6.45) is 46.1. The minimum Gasteiger partial charge on any atom is -0.480 e. The average Bonchev–Trinajstić information content (AvgIpc) is 3.16. The maximum atomic E-state index is 12.5. The molecule has 0 spiro atoms. The highest BCUT2D eigenvalue weighted by Crippen LogP contribution is 2.43. The number of nitrogens with two attached hydrogens (primary N) is 1. The van der Waals surface area contributed by atoms with E-state index in [1.807, 2.05) is 0 Å². The Morgan fingerprint density at radius 2 is 1.05 bits per heavy atom. The topological polar surface area (TPSA) is 155 Å². The highest BCUT2D eigenvalue weighted by Gasteiger charge is 2.27. The lowest BCUT2D eigenvalue weighted by Crippen LogP contribution is -2.34. The third-order valence-electron chi connectivity index (χ3n) is 9.12. The molecule has 10 nitrogen and oxygen atoms in total. The van der Waals surface area contributed by atoms with Gasteiger partial charge in [0.25, 0.3) is 0 Å². The number of hydrogen-bond donors (Lipinski definition) is 3. The van der Waals surface area contributed by atoms with Gasteiger partial charge in [-0.05, 0) is 51.4 Å². The van der Waals surface area contributed by atoms with E-state index in [1.165, 1.54) is 89.9 Å². The molecule has 0 saturated heterocycles. The van der Waals surface area contributed by atoms with E-state index in [0.717, 1.165) is 64.2 Å². The first-order valence-corrected chi connectivity index (χ1v) is 23.2. The number of aliphatic carboxylic acids is 1. The summed E-state index contributed by atoms with van der Waals surface area (Å²) in [6.45, 7) is 3.73. The zero-order valence-electron chi connectivity index (χ0n) is 34.8. The van der Waals surface area contributed by atoms with Crippen molar-refractivity contribution in [1.82, 2.24) is 0 Å². The molecule has 0 bridgehead atoms. The normalized spacial score (nSPS) is 14.4. The number of phosphoric acid groups is 1. The zero-order chi connectivity index (χ0) is 40.5. The fraction of sp³-hybridized carbons (Fsp3) is 0.773. The summed E-state index contributed by atoms with van der Waals surface area (Å²) in [5.74, 6) is -1.78. The number of phosphoric ester groups is 1. The van der Waals surface area contributed by atoms with E-state index in [-0.39, 0.29) is 13.0 Å². The van der Waals surface area contributed by atoms with Crippen LogP contribution in [0, 0.1) is 0 Å². The minimum absolute atomic E-state index is 0.0155. The monoisotopic (exact) mass is 798 g/mol. The van der Waals surface area contributed by atoms with E-state index in [2.05, 4.69) is 62.5 Å². The number of unbranched alkanes of at least 4 members (excludes halogenated alkanes) is 19. The second-order valence-electron chi connectivity index (χ2n) is 14.4. The van der Waals surface area contributed by atoms with Gasteiger partial charge in [0.05, 0.1) is 19.8 Å². The van der Waals surface area contributed by atoms with Crippen molar-refractivity contribution in [2.75, 3.05) is 26.4 Å². The molecule has 0 aromatic rings. The zero-order valence-corrected chi connectivity index (χ0v) is 35.7. The van der Waals surface area contributed by atoms with Gasteiger partial charge in [0.2, 0.25) is 0 Å². The van der Waals surface area contributed by atoms with Crippen LogP contribution in [-0.2, 0) is 32.7 Å². The van der Waals surface area contributed by atoms with Gasteiger partial charge in [-0.1, -0.05) is 172 Å². The number of carbonyl (C=O) groups excluding carboxylic acids is 1. The summed E-state index contributed by atoms with van der Waals surface area (Å²) in [6, 6.07) is -1.47. The molecule has 0 aliphatic carbocycles. The summed E-state index contributed by atoms with van der Waals surface area (Å²) >= 11 is 0. The number of ether oxygens (including phenoxy) is 2. The Morgan fingerprint density at radius 3 is 1.58 bits per heavy atom. The molecule has 0 fully saturated rings. The SMILES string of the molecule is CC/C=C\C/C=C\C/C=C\C/C=C\CCCCCCCCCCCCCOCC(COP(=O)(O)OCC(N)C(=O)O)OC(=O)CCCCCCCCCCC. The van der Waals surface area contributed by atoms with Crippen molar-refractivity contribution in [2.24, 2.45) is 5.73 Å². The lowest BCUT2D eigenvalue weighted by molar-refractivity contribution is -0.154. The van der Waals surface area contributed by atoms with Gasteiger partial charge in [0.1, 0.15) is 12.1 Å². The smallest absolute Gasteiger partial charge is 0.472 e. The molecule has 4 N–H and O–H groups in total. The van der Waals surface area contributed by atoms with Crippen LogP contribution in [0.1, 0.15) is 181 Å². The number of carbonyl (C=O) groups is 2. The van der Waals surface area contributed by atoms with Crippen LogP contribution >= 0.6 is 7.82 Å². The molecular weight excluding hydrogens is 717 g/mol. The van der Waals surface area contributed by atoms with E-state index in [0.29, 0.717) is 13.0 Å². The molecule has 0 aromatic carbocycles. The van der Waals surface area contributed by atoms with Crippen LogP contribution in [0.2, 0.25) is 0 Å². The number of esters is 1. The van der Waals surface area contributed by atoms with Crippen LogP contribution in [-0.4, -0.2) is 60.5 Å². The third-order valence-corrected chi connectivity index (χ3v) is 10.1. The fourth-order valence-corrected chi connectivity index (χ4v) is 6.55. The Morgan fingerprint density at radius 1 is 0.600 bits per heavy atom. The molecule has 0 amide bonds. The van der Waals surface area contributed by atoms with E-state index in [4.69, 9.17) is 29.4 Å². The largest absolute Gasteiger partial charge is 0.480 e. The van der Waals surface area contributed by atoms with E-state index < -0.39 is 45.1 Å². The molecule has 0 aromatic heterocycles. The van der Waals surface area contributed by atoms with Crippen LogP contribution in [0.25, 0.3) is 0 Å². The highest BCUT2D eigenvalue weighted by atomic mass is 31.2. The second kappa shape index (κ2) is 40.1. The van der Waals surface area contributed by atoms with Crippen molar-refractivity contribution in [1.29, 1.82) is 0 Å². The summed E-state index contributed by atoms with van der Waals surface area (Å²) < 4.78 is 33.3. The van der Waals surface area contributed by atoms with Gasteiger partial charge < -0.3 is 25.2 Å². The number of carboxylic acids is 1. The second-order valence-corrected chi connectivity index (χ2v) is 15.9. The average molecular weight is 798 g/mol. The molecule has 0 radical (unpaired) electrons. The van der Waals surface area contributed by atoms with Crippen LogP contribution < -0.4 is 5.73 Å². The first-order valence-electron chi connectivity index (χ1n) is 21.7. The molecule has 0 saturated carbocycles. The molecule has 3 atom stereocenters. The Labute approximate surface area is 335 Å². The molecule has 11 heteroatoms. The maximum Gasteiger partial charge on any atom is 0.472 e. The van der Waals surface area contributed by atoms with Crippen molar-refractivity contribution in [3.8, 4) is 0 Å².